The highest BCUT2D eigenvalue weighted by Crippen LogP contribution is 2.19. The van der Waals surface area contributed by atoms with Gasteiger partial charge in [0.25, 0.3) is 0 Å². The number of benzene rings is 1. The second-order valence-corrected chi connectivity index (χ2v) is 7.96. The van der Waals surface area contributed by atoms with E-state index >= 15 is 0 Å². The summed E-state index contributed by atoms with van der Waals surface area (Å²) in [5.41, 5.74) is 0.916. The molecule has 0 spiro atoms. The maximum atomic E-state index is 12.4. The molecule has 0 aliphatic carbocycles. The Morgan fingerprint density at radius 1 is 1.28 bits per heavy atom. The number of piperidine rings is 1. The van der Waals surface area contributed by atoms with E-state index in [0.29, 0.717) is 26.1 Å². The molecule has 1 aromatic rings. The summed E-state index contributed by atoms with van der Waals surface area (Å²) in [6.45, 7) is 1.33. The zero-order valence-electron chi connectivity index (χ0n) is 14.5. The van der Waals surface area contributed by atoms with E-state index in [2.05, 4.69) is 21.9 Å². The van der Waals surface area contributed by atoms with Gasteiger partial charge in [0.15, 0.2) is 0 Å². The van der Waals surface area contributed by atoms with E-state index in [-0.39, 0.29) is 12.1 Å². The SMILES string of the molecule is CS(=O)(=O)NCC[C@@H]1CCCCN1C(=O)NCC#Cc1ccccc1. The summed E-state index contributed by atoms with van der Waals surface area (Å²) in [5, 5.41) is 2.83. The van der Waals surface area contributed by atoms with E-state index in [1.165, 1.54) is 0 Å². The van der Waals surface area contributed by atoms with Crippen molar-refractivity contribution >= 4 is 16.1 Å². The molecule has 0 unspecified atom stereocenters. The van der Waals surface area contributed by atoms with Crippen LogP contribution in [0.15, 0.2) is 30.3 Å². The summed E-state index contributed by atoms with van der Waals surface area (Å²) < 4.78 is 24.8. The van der Waals surface area contributed by atoms with Gasteiger partial charge in [-0.2, -0.15) is 0 Å². The van der Waals surface area contributed by atoms with Gasteiger partial charge in [0.2, 0.25) is 10.0 Å². The van der Waals surface area contributed by atoms with Gasteiger partial charge in [0.1, 0.15) is 0 Å². The molecule has 7 heteroatoms. The third-order valence-electron chi connectivity index (χ3n) is 4.06. The fraction of sp³-hybridized carbons (Fsp3) is 0.500. The molecule has 0 bridgehead atoms. The lowest BCUT2D eigenvalue weighted by atomic mass is 10.00. The van der Waals surface area contributed by atoms with Gasteiger partial charge in [-0.05, 0) is 37.8 Å². The highest BCUT2D eigenvalue weighted by Gasteiger charge is 2.26. The van der Waals surface area contributed by atoms with Crippen molar-refractivity contribution in [1.82, 2.24) is 14.9 Å². The number of hydrogen-bond donors (Lipinski definition) is 2. The number of carbonyl (C=O) groups excluding carboxylic acids is 1. The van der Waals surface area contributed by atoms with Crippen LogP contribution in [0.4, 0.5) is 4.79 Å². The number of nitrogens with one attached hydrogen (secondary N) is 2. The quantitative estimate of drug-likeness (QED) is 0.779. The van der Waals surface area contributed by atoms with Gasteiger partial charge >= 0.3 is 6.03 Å². The van der Waals surface area contributed by atoms with Crippen LogP contribution in [-0.4, -0.2) is 51.3 Å². The highest BCUT2D eigenvalue weighted by molar-refractivity contribution is 7.88. The lowest BCUT2D eigenvalue weighted by molar-refractivity contribution is 0.148. The number of sulfonamides is 1. The van der Waals surface area contributed by atoms with Crippen molar-refractivity contribution in [2.45, 2.75) is 31.7 Å². The highest BCUT2D eigenvalue weighted by atomic mass is 32.2. The molecule has 1 aromatic carbocycles. The van der Waals surface area contributed by atoms with Crippen molar-refractivity contribution in [3.63, 3.8) is 0 Å². The van der Waals surface area contributed by atoms with Crippen LogP contribution in [0, 0.1) is 11.8 Å². The first-order valence-corrected chi connectivity index (χ1v) is 10.4. The van der Waals surface area contributed by atoms with Gasteiger partial charge in [-0.1, -0.05) is 30.0 Å². The van der Waals surface area contributed by atoms with Crippen LogP contribution in [0.1, 0.15) is 31.2 Å². The molecule has 1 heterocycles. The number of carbonyl (C=O) groups is 1. The van der Waals surface area contributed by atoms with E-state index in [1.54, 1.807) is 4.90 Å². The van der Waals surface area contributed by atoms with Crippen LogP contribution in [-0.2, 0) is 10.0 Å². The third-order valence-corrected chi connectivity index (χ3v) is 4.79. The predicted molar refractivity (Wildman–Crippen MR) is 98.5 cm³/mol. The van der Waals surface area contributed by atoms with Crippen molar-refractivity contribution in [2.75, 3.05) is 25.9 Å². The first-order valence-electron chi connectivity index (χ1n) is 8.49. The Labute approximate surface area is 150 Å². The molecule has 6 nitrogen and oxygen atoms in total. The Morgan fingerprint density at radius 3 is 2.76 bits per heavy atom. The number of urea groups is 1. The van der Waals surface area contributed by atoms with Crippen molar-refractivity contribution in [3.8, 4) is 11.8 Å². The summed E-state index contributed by atoms with van der Waals surface area (Å²) in [5.74, 6) is 5.95. The fourth-order valence-electron chi connectivity index (χ4n) is 2.87. The largest absolute Gasteiger partial charge is 0.327 e. The molecule has 2 rings (SSSR count). The molecule has 1 fully saturated rings. The smallest absolute Gasteiger partial charge is 0.318 e. The molecular weight excluding hydrogens is 338 g/mol. The standard InChI is InChI=1S/C18H25N3O3S/c1-25(23,24)20-14-12-17-11-5-6-15-21(17)18(22)19-13-7-10-16-8-3-2-4-9-16/h2-4,8-9,17,20H,5-6,11-15H2,1H3,(H,19,22)/t17-/m0/s1. The molecule has 2 N–H and O–H groups in total. The molecule has 2 amide bonds. The second kappa shape index (κ2) is 9.44. The van der Waals surface area contributed by atoms with Gasteiger partial charge in [-0.25, -0.2) is 17.9 Å². The first kappa shape index (κ1) is 19.3. The predicted octanol–water partition coefficient (Wildman–Crippen LogP) is 1.54. The number of rotatable bonds is 5. The molecule has 1 aliphatic rings. The number of likely N-dealkylation sites (tertiary alicyclic amines) is 1. The van der Waals surface area contributed by atoms with E-state index in [1.807, 2.05) is 30.3 Å². The van der Waals surface area contributed by atoms with E-state index in [0.717, 1.165) is 31.1 Å². The van der Waals surface area contributed by atoms with E-state index in [9.17, 15) is 13.2 Å². The molecule has 1 saturated heterocycles. The average Bonchev–Trinajstić information content (AvgIpc) is 2.59. The number of hydrogen-bond acceptors (Lipinski definition) is 3. The lowest BCUT2D eigenvalue weighted by Gasteiger charge is -2.35. The second-order valence-electron chi connectivity index (χ2n) is 6.12. The summed E-state index contributed by atoms with van der Waals surface area (Å²) in [7, 11) is -3.19. The zero-order valence-corrected chi connectivity index (χ0v) is 15.3. The zero-order chi connectivity index (χ0) is 18.1. The van der Waals surface area contributed by atoms with Gasteiger partial charge in [-0.15, -0.1) is 0 Å². The molecule has 1 atom stereocenters. The van der Waals surface area contributed by atoms with Gasteiger partial charge in [0.05, 0.1) is 12.8 Å². The first-order chi connectivity index (χ1) is 12.0. The minimum Gasteiger partial charge on any atom is -0.327 e. The number of nitrogens with zero attached hydrogens (tertiary/aromatic N) is 1. The molecule has 0 saturated carbocycles. The van der Waals surface area contributed by atoms with Gasteiger partial charge in [0, 0.05) is 24.7 Å². The van der Waals surface area contributed by atoms with Crippen LogP contribution in [0.3, 0.4) is 0 Å². The third kappa shape index (κ3) is 7.16. The lowest BCUT2D eigenvalue weighted by Crippen LogP contribution is -2.49. The summed E-state index contributed by atoms with van der Waals surface area (Å²) >= 11 is 0. The van der Waals surface area contributed by atoms with Crippen molar-refractivity contribution in [3.05, 3.63) is 35.9 Å². The Kier molecular flexibility index (Phi) is 7.29. The van der Waals surface area contributed by atoms with Crippen molar-refractivity contribution in [1.29, 1.82) is 0 Å². The monoisotopic (exact) mass is 363 g/mol. The van der Waals surface area contributed by atoms with Crippen LogP contribution in [0.25, 0.3) is 0 Å². The fourth-order valence-corrected chi connectivity index (χ4v) is 3.36. The topological polar surface area (TPSA) is 78.5 Å². The Morgan fingerprint density at radius 2 is 2.04 bits per heavy atom. The maximum Gasteiger partial charge on any atom is 0.318 e. The molecule has 25 heavy (non-hydrogen) atoms. The van der Waals surface area contributed by atoms with Crippen molar-refractivity contribution in [2.24, 2.45) is 0 Å². The van der Waals surface area contributed by atoms with E-state index < -0.39 is 10.0 Å². The minimum absolute atomic E-state index is 0.0603. The summed E-state index contributed by atoms with van der Waals surface area (Å²) in [4.78, 5) is 14.2. The Bertz CT molecular complexity index is 723. The molecule has 136 valence electrons. The molecular formula is C18H25N3O3S. The molecule has 1 aliphatic heterocycles. The Balaban J connectivity index is 1.82. The van der Waals surface area contributed by atoms with Crippen LogP contribution in [0.5, 0.6) is 0 Å². The maximum absolute atomic E-state index is 12.4. The molecule has 0 aromatic heterocycles. The minimum atomic E-state index is -3.19. The normalized spacial score (nSPS) is 17.5. The average molecular weight is 363 g/mol. The van der Waals surface area contributed by atoms with Crippen LogP contribution in [0.2, 0.25) is 0 Å². The van der Waals surface area contributed by atoms with Crippen molar-refractivity contribution < 1.29 is 13.2 Å². The van der Waals surface area contributed by atoms with Crippen LogP contribution >= 0.6 is 0 Å². The van der Waals surface area contributed by atoms with Gasteiger partial charge in [-0.3, -0.25) is 0 Å². The summed E-state index contributed by atoms with van der Waals surface area (Å²) in [6.07, 6.45) is 4.69. The molecule has 0 radical (unpaired) electrons. The number of amides is 2. The van der Waals surface area contributed by atoms with E-state index in [4.69, 9.17) is 0 Å². The Hall–Kier alpha value is -2.04. The summed E-state index contributed by atoms with van der Waals surface area (Å²) in [6, 6.07) is 9.55. The van der Waals surface area contributed by atoms with Gasteiger partial charge < -0.3 is 10.2 Å². The van der Waals surface area contributed by atoms with Crippen LogP contribution < -0.4 is 10.0 Å².